The third-order valence-electron chi connectivity index (χ3n) is 4.91. The number of halogens is 1. The Labute approximate surface area is 170 Å². The number of hydrogen-bond donors (Lipinski definition) is 1. The molecule has 1 aliphatic rings. The molecule has 1 fully saturated rings. The Hall–Kier alpha value is -2.53. The Morgan fingerprint density at radius 1 is 1.00 bits per heavy atom. The lowest BCUT2D eigenvalue weighted by atomic mass is 9.95. The molecular formula is C22H24ClNO4. The molecule has 0 spiro atoms. The molecule has 6 heteroatoms. The zero-order valence-corrected chi connectivity index (χ0v) is 16.6. The second-order valence-corrected chi connectivity index (χ2v) is 7.35. The van der Waals surface area contributed by atoms with Crippen LogP contribution >= 0.6 is 11.6 Å². The first-order chi connectivity index (χ1) is 13.6. The minimum Gasteiger partial charge on any atom is -0.497 e. The number of amides is 1. The molecule has 148 valence electrons. The molecule has 3 rings (SSSR count). The predicted molar refractivity (Wildman–Crippen MR) is 108 cm³/mol. The van der Waals surface area contributed by atoms with Crippen molar-refractivity contribution in [2.24, 2.45) is 0 Å². The van der Waals surface area contributed by atoms with Crippen LogP contribution in [0.3, 0.4) is 0 Å². The number of benzene rings is 2. The van der Waals surface area contributed by atoms with Crippen LogP contribution in [0.15, 0.2) is 48.5 Å². The van der Waals surface area contributed by atoms with Crippen molar-refractivity contribution in [3.63, 3.8) is 0 Å². The van der Waals surface area contributed by atoms with Gasteiger partial charge in [-0.3, -0.25) is 4.79 Å². The van der Waals surface area contributed by atoms with Gasteiger partial charge in [-0.2, -0.15) is 0 Å². The second-order valence-electron chi connectivity index (χ2n) is 6.91. The number of ether oxygens (including phenoxy) is 2. The van der Waals surface area contributed by atoms with Crippen LogP contribution in [0.25, 0.3) is 0 Å². The van der Waals surface area contributed by atoms with Gasteiger partial charge in [-0.15, -0.1) is 0 Å². The summed E-state index contributed by atoms with van der Waals surface area (Å²) in [5.74, 6) is -0.238. The van der Waals surface area contributed by atoms with Crippen LogP contribution in [0.2, 0.25) is 5.02 Å². The van der Waals surface area contributed by atoms with E-state index in [2.05, 4.69) is 5.32 Å². The Bertz CT molecular complexity index is 798. The fraction of sp³-hybridized carbons (Fsp3) is 0.364. The third-order valence-corrected chi connectivity index (χ3v) is 5.17. The van der Waals surface area contributed by atoms with Gasteiger partial charge in [0.05, 0.1) is 12.7 Å². The number of rotatable bonds is 6. The highest BCUT2D eigenvalue weighted by Crippen LogP contribution is 2.24. The summed E-state index contributed by atoms with van der Waals surface area (Å²) in [6.45, 7) is 0. The molecule has 0 unspecified atom stereocenters. The number of nitrogens with one attached hydrogen (secondary N) is 1. The molecule has 0 aliphatic heterocycles. The van der Waals surface area contributed by atoms with Crippen molar-refractivity contribution in [1.29, 1.82) is 0 Å². The molecule has 5 nitrogen and oxygen atoms in total. The fourth-order valence-electron chi connectivity index (χ4n) is 3.34. The Balaban J connectivity index is 1.77. The first-order valence-corrected chi connectivity index (χ1v) is 9.85. The van der Waals surface area contributed by atoms with E-state index < -0.39 is 12.1 Å². The van der Waals surface area contributed by atoms with Crippen molar-refractivity contribution in [2.75, 3.05) is 7.11 Å². The van der Waals surface area contributed by atoms with Gasteiger partial charge in [0.15, 0.2) is 0 Å². The fourth-order valence-corrected chi connectivity index (χ4v) is 3.46. The molecule has 1 saturated carbocycles. The Morgan fingerprint density at radius 3 is 2.25 bits per heavy atom. The smallest absolute Gasteiger partial charge is 0.339 e. The van der Waals surface area contributed by atoms with Crippen molar-refractivity contribution in [2.45, 2.75) is 44.2 Å². The highest BCUT2D eigenvalue weighted by Gasteiger charge is 2.28. The van der Waals surface area contributed by atoms with E-state index >= 15 is 0 Å². The van der Waals surface area contributed by atoms with Gasteiger partial charge in [0.25, 0.3) is 5.91 Å². The maximum atomic E-state index is 12.9. The number of hydrogen-bond acceptors (Lipinski definition) is 4. The summed E-state index contributed by atoms with van der Waals surface area (Å²) in [5.41, 5.74) is 0.935. The van der Waals surface area contributed by atoms with E-state index in [9.17, 15) is 9.59 Å². The summed E-state index contributed by atoms with van der Waals surface area (Å²) in [5, 5.41) is 3.59. The minimum atomic E-state index is -1.03. The van der Waals surface area contributed by atoms with Gasteiger partial charge in [-0.25, -0.2) is 4.79 Å². The zero-order valence-electron chi connectivity index (χ0n) is 15.8. The number of carbonyl (C=O) groups excluding carboxylic acids is 2. The monoisotopic (exact) mass is 401 g/mol. The number of methoxy groups -OCH3 is 1. The van der Waals surface area contributed by atoms with E-state index in [4.69, 9.17) is 21.1 Å². The van der Waals surface area contributed by atoms with E-state index in [-0.39, 0.29) is 11.9 Å². The van der Waals surface area contributed by atoms with Gasteiger partial charge >= 0.3 is 5.97 Å². The van der Waals surface area contributed by atoms with E-state index in [0.717, 1.165) is 25.7 Å². The molecule has 0 aromatic heterocycles. The maximum absolute atomic E-state index is 12.9. The van der Waals surface area contributed by atoms with Crippen molar-refractivity contribution in [3.8, 4) is 5.75 Å². The highest BCUT2D eigenvalue weighted by atomic mass is 35.5. The van der Waals surface area contributed by atoms with Gasteiger partial charge in [0, 0.05) is 16.6 Å². The van der Waals surface area contributed by atoms with Crippen LogP contribution in [-0.2, 0) is 9.53 Å². The molecular weight excluding hydrogens is 378 g/mol. The highest BCUT2D eigenvalue weighted by molar-refractivity contribution is 6.30. The quantitative estimate of drug-likeness (QED) is 0.713. The lowest BCUT2D eigenvalue weighted by Gasteiger charge is -2.25. The average Bonchev–Trinajstić information content (AvgIpc) is 2.73. The van der Waals surface area contributed by atoms with Crippen LogP contribution < -0.4 is 10.1 Å². The molecule has 2 aromatic carbocycles. The molecule has 28 heavy (non-hydrogen) atoms. The van der Waals surface area contributed by atoms with E-state index in [1.807, 2.05) is 0 Å². The van der Waals surface area contributed by atoms with Crippen LogP contribution in [-0.4, -0.2) is 25.0 Å². The molecule has 0 saturated heterocycles. The summed E-state index contributed by atoms with van der Waals surface area (Å²) in [6, 6.07) is 13.5. The standard InChI is InChI=1S/C22H24ClNO4/c1-27-19-13-9-16(10-14-19)22(26)28-20(15-7-11-17(23)12-8-15)21(25)24-18-5-3-2-4-6-18/h7-14,18,20H,2-6H2,1H3,(H,24,25)/t20-/m0/s1. The second kappa shape index (κ2) is 9.60. The molecule has 1 amide bonds. The number of esters is 1. The lowest BCUT2D eigenvalue weighted by Crippen LogP contribution is -2.40. The summed E-state index contributed by atoms with van der Waals surface area (Å²) < 4.78 is 10.7. The SMILES string of the molecule is COc1ccc(C(=O)O[C@H](C(=O)NC2CCCCC2)c2ccc(Cl)cc2)cc1. The molecule has 0 heterocycles. The molecule has 1 atom stereocenters. The van der Waals surface area contributed by atoms with E-state index in [1.165, 1.54) is 6.42 Å². The van der Waals surface area contributed by atoms with Crippen LogP contribution in [0.5, 0.6) is 5.75 Å². The van der Waals surface area contributed by atoms with Crippen LogP contribution in [0, 0.1) is 0 Å². The molecule has 0 radical (unpaired) electrons. The summed E-state index contributed by atoms with van der Waals surface area (Å²) in [7, 11) is 1.56. The van der Waals surface area contributed by atoms with Gasteiger partial charge in [-0.1, -0.05) is 43.0 Å². The van der Waals surface area contributed by atoms with Crippen molar-refractivity contribution < 1.29 is 19.1 Å². The normalized spacial score (nSPS) is 15.5. The van der Waals surface area contributed by atoms with Gasteiger partial charge in [-0.05, 0) is 49.2 Å². The minimum absolute atomic E-state index is 0.121. The Morgan fingerprint density at radius 2 is 1.64 bits per heavy atom. The number of carbonyl (C=O) groups is 2. The predicted octanol–water partition coefficient (Wildman–Crippen LogP) is 4.70. The molecule has 2 aromatic rings. The van der Waals surface area contributed by atoms with Gasteiger partial charge in [0.2, 0.25) is 6.10 Å². The van der Waals surface area contributed by atoms with E-state index in [0.29, 0.717) is 21.9 Å². The largest absolute Gasteiger partial charge is 0.497 e. The van der Waals surface area contributed by atoms with Crippen LogP contribution in [0.1, 0.15) is 54.1 Å². The van der Waals surface area contributed by atoms with Crippen LogP contribution in [0.4, 0.5) is 0 Å². The van der Waals surface area contributed by atoms with Crippen molar-refractivity contribution >= 4 is 23.5 Å². The topological polar surface area (TPSA) is 64.6 Å². The Kier molecular flexibility index (Phi) is 6.93. The molecule has 0 bridgehead atoms. The molecule has 1 N–H and O–H groups in total. The lowest BCUT2D eigenvalue weighted by molar-refractivity contribution is -0.131. The van der Waals surface area contributed by atoms with Gasteiger partial charge < -0.3 is 14.8 Å². The zero-order chi connectivity index (χ0) is 19.9. The first-order valence-electron chi connectivity index (χ1n) is 9.47. The first kappa shape index (κ1) is 20.2. The van der Waals surface area contributed by atoms with Crippen molar-refractivity contribution in [3.05, 3.63) is 64.7 Å². The summed E-state index contributed by atoms with van der Waals surface area (Å²) in [4.78, 5) is 25.5. The summed E-state index contributed by atoms with van der Waals surface area (Å²) >= 11 is 5.96. The average molecular weight is 402 g/mol. The van der Waals surface area contributed by atoms with E-state index in [1.54, 1.807) is 55.6 Å². The third kappa shape index (κ3) is 5.26. The van der Waals surface area contributed by atoms with Crippen molar-refractivity contribution in [1.82, 2.24) is 5.32 Å². The maximum Gasteiger partial charge on any atom is 0.339 e. The van der Waals surface area contributed by atoms with Gasteiger partial charge in [0.1, 0.15) is 5.75 Å². The summed E-state index contributed by atoms with van der Waals surface area (Å²) in [6.07, 6.45) is 4.26. The molecule has 1 aliphatic carbocycles.